The van der Waals surface area contributed by atoms with Crippen LogP contribution in [0.4, 0.5) is 0 Å². The summed E-state index contributed by atoms with van der Waals surface area (Å²) >= 11 is 0. The van der Waals surface area contributed by atoms with Gasteiger partial charge >= 0.3 is 0 Å². The molecule has 1 fully saturated rings. The summed E-state index contributed by atoms with van der Waals surface area (Å²) in [5.74, 6) is 0. The Morgan fingerprint density at radius 2 is 1.67 bits per heavy atom. The molecule has 1 unspecified atom stereocenters. The third-order valence-electron chi connectivity index (χ3n) is 3.19. The Balaban J connectivity index is 2.36. The molecule has 6 N–H and O–H groups in total. The van der Waals surface area contributed by atoms with E-state index in [0.29, 0.717) is 6.54 Å². The van der Waals surface area contributed by atoms with Crippen molar-refractivity contribution in [3.63, 3.8) is 0 Å². The fourth-order valence-corrected chi connectivity index (χ4v) is 2.12. The number of nitrogens with two attached hydrogens (primary N) is 3. The molecule has 90 valence electrons. The van der Waals surface area contributed by atoms with Crippen LogP contribution in [-0.4, -0.2) is 61.3 Å². The van der Waals surface area contributed by atoms with Gasteiger partial charge in [-0.1, -0.05) is 0 Å². The first-order chi connectivity index (χ1) is 7.10. The van der Waals surface area contributed by atoms with Crippen LogP contribution >= 0.6 is 0 Å². The molecule has 0 saturated carbocycles. The van der Waals surface area contributed by atoms with E-state index in [1.807, 2.05) is 0 Å². The van der Waals surface area contributed by atoms with Gasteiger partial charge in [-0.25, -0.2) is 0 Å². The second-order valence-electron chi connectivity index (χ2n) is 4.51. The van der Waals surface area contributed by atoms with E-state index in [1.165, 1.54) is 0 Å². The molecule has 5 heteroatoms. The van der Waals surface area contributed by atoms with Crippen molar-refractivity contribution in [3.05, 3.63) is 0 Å². The maximum absolute atomic E-state index is 6.22. The predicted molar refractivity (Wildman–Crippen MR) is 63.3 cm³/mol. The van der Waals surface area contributed by atoms with E-state index in [0.717, 1.165) is 45.7 Å². The van der Waals surface area contributed by atoms with Crippen LogP contribution in [0.3, 0.4) is 0 Å². The van der Waals surface area contributed by atoms with E-state index < -0.39 is 0 Å². The second kappa shape index (κ2) is 5.77. The standard InChI is InChI=1S/C10H25N5/c1-10(13,2-3-11)15-8-6-14(5-4-12)7-9-15/h2-9,11-13H2,1H3. The van der Waals surface area contributed by atoms with Crippen molar-refractivity contribution in [1.82, 2.24) is 9.80 Å². The van der Waals surface area contributed by atoms with Gasteiger partial charge in [0.1, 0.15) is 0 Å². The lowest BCUT2D eigenvalue weighted by Gasteiger charge is -2.43. The van der Waals surface area contributed by atoms with Crippen molar-refractivity contribution in [3.8, 4) is 0 Å². The van der Waals surface area contributed by atoms with Crippen LogP contribution in [0.15, 0.2) is 0 Å². The van der Waals surface area contributed by atoms with Gasteiger partial charge in [-0.15, -0.1) is 0 Å². The SMILES string of the molecule is CC(N)(CCN)N1CCN(CCN)CC1. The van der Waals surface area contributed by atoms with Crippen LogP contribution < -0.4 is 17.2 Å². The minimum Gasteiger partial charge on any atom is -0.330 e. The van der Waals surface area contributed by atoms with Crippen molar-refractivity contribution < 1.29 is 0 Å². The molecule has 0 aromatic carbocycles. The summed E-state index contributed by atoms with van der Waals surface area (Å²) in [7, 11) is 0. The van der Waals surface area contributed by atoms with Crippen molar-refractivity contribution >= 4 is 0 Å². The highest BCUT2D eigenvalue weighted by Crippen LogP contribution is 2.14. The first-order valence-electron chi connectivity index (χ1n) is 5.76. The summed E-state index contributed by atoms with van der Waals surface area (Å²) in [6.07, 6.45) is 0.851. The second-order valence-corrected chi connectivity index (χ2v) is 4.51. The van der Waals surface area contributed by atoms with Crippen molar-refractivity contribution in [2.75, 3.05) is 45.8 Å². The van der Waals surface area contributed by atoms with E-state index in [-0.39, 0.29) is 5.66 Å². The Morgan fingerprint density at radius 3 is 2.13 bits per heavy atom. The van der Waals surface area contributed by atoms with E-state index in [1.54, 1.807) is 0 Å². The lowest BCUT2D eigenvalue weighted by Crippen LogP contribution is -2.61. The van der Waals surface area contributed by atoms with Gasteiger partial charge in [0.15, 0.2) is 0 Å². The quantitative estimate of drug-likeness (QED) is 0.524. The van der Waals surface area contributed by atoms with Gasteiger partial charge in [0.2, 0.25) is 0 Å². The highest BCUT2D eigenvalue weighted by Gasteiger charge is 2.29. The molecule has 0 amide bonds. The Bertz CT molecular complexity index is 175. The average Bonchev–Trinajstić information content (AvgIpc) is 2.19. The summed E-state index contributed by atoms with van der Waals surface area (Å²) in [5, 5.41) is 0. The first kappa shape index (κ1) is 12.9. The summed E-state index contributed by atoms with van der Waals surface area (Å²) in [5.41, 5.74) is 17.1. The number of hydrogen-bond donors (Lipinski definition) is 3. The van der Waals surface area contributed by atoms with Gasteiger partial charge < -0.3 is 17.2 Å². The summed E-state index contributed by atoms with van der Waals surface area (Å²) in [6.45, 7) is 8.62. The van der Waals surface area contributed by atoms with Gasteiger partial charge in [0.05, 0.1) is 5.66 Å². The van der Waals surface area contributed by atoms with Gasteiger partial charge in [-0.2, -0.15) is 0 Å². The van der Waals surface area contributed by atoms with Crippen LogP contribution in [-0.2, 0) is 0 Å². The molecule has 1 heterocycles. The Kier molecular flexibility index (Phi) is 4.95. The van der Waals surface area contributed by atoms with Crippen LogP contribution in [0.2, 0.25) is 0 Å². The normalized spacial score (nSPS) is 24.0. The average molecular weight is 215 g/mol. The molecule has 1 aliphatic rings. The van der Waals surface area contributed by atoms with E-state index in [9.17, 15) is 0 Å². The predicted octanol–water partition coefficient (Wildman–Crippen LogP) is -1.41. The third-order valence-corrected chi connectivity index (χ3v) is 3.19. The minimum atomic E-state index is -0.246. The molecule has 0 aliphatic carbocycles. The molecule has 0 spiro atoms. The maximum atomic E-state index is 6.22. The fraction of sp³-hybridized carbons (Fsp3) is 1.00. The molecular weight excluding hydrogens is 190 g/mol. The van der Waals surface area contributed by atoms with Crippen LogP contribution in [0, 0.1) is 0 Å². The number of hydrogen-bond acceptors (Lipinski definition) is 5. The maximum Gasteiger partial charge on any atom is 0.0671 e. The molecule has 15 heavy (non-hydrogen) atoms. The number of rotatable bonds is 5. The molecule has 1 aliphatic heterocycles. The monoisotopic (exact) mass is 215 g/mol. The highest BCUT2D eigenvalue weighted by molar-refractivity contribution is 4.84. The number of nitrogens with zero attached hydrogens (tertiary/aromatic N) is 2. The molecular formula is C10H25N5. The Morgan fingerprint density at radius 1 is 1.07 bits per heavy atom. The largest absolute Gasteiger partial charge is 0.330 e. The molecule has 0 bridgehead atoms. The zero-order valence-corrected chi connectivity index (χ0v) is 9.78. The Labute approximate surface area is 92.6 Å². The van der Waals surface area contributed by atoms with E-state index >= 15 is 0 Å². The lowest BCUT2D eigenvalue weighted by molar-refractivity contribution is 0.0426. The highest BCUT2D eigenvalue weighted by atomic mass is 15.3. The minimum absolute atomic E-state index is 0.246. The fourth-order valence-electron chi connectivity index (χ4n) is 2.12. The van der Waals surface area contributed by atoms with Crippen LogP contribution in [0.5, 0.6) is 0 Å². The van der Waals surface area contributed by atoms with Gasteiger partial charge in [-0.05, 0) is 19.9 Å². The van der Waals surface area contributed by atoms with Crippen molar-refractivity contribution in [2.24, 2.45) is 17.2 Å². The molecule has 0 radical (unpaired) electrons. The van der Waals surface area contributed by atoms with Crippen LogP contribution in [0.1, 0.15) is 13.3 Å². The first-order valence-corrected chi connectivity index (χ1v) is 5.76. The lowest BCUT2D eigenvalue weighted by atomic mass is 10.1. The number of piperazine rings is 1. The molecule has 0 aromatic rings. The van der Waals surface area contributed by atoms with Gasteiger partial charge in [0.25, 0.3) is 0 Å². The summed E-state index contributed by atoms with van der Waals surface area (Å²) < 4.78 is 0. The zero-order chi connectivity index (χ0) is 11.3. The third kappa shape index (κ3) is 3.70. The molecule has 5 nitrogen and oxygen atoms in total. The molecule has 1 atom stereocenters. The smallest absolute Gasteiger partial charge is 0.0671 e. The molecule has 1 saturated heterocycles. The van der Waals surface area contributed by atoms with E-state index in [4.69, 9.17) is 17.2 Å². The zero-order valence-electron chi connectivity index (χ0n) is 9.78. The van der Waals surface area contributed by atoms with Crippen molar-refractivity contribution in [2.45, 2.75) is 19.0 Å². The summed E-state index contributed by atoms with van der Waals surface area (Å²) in [4.78, 5) is 4.71. The van der Waals surface area contributed by atoms with Crippen molar-refractivity contribution in [1.29, 1.82) is 0 Å². The topological polar surface area (TPSA) is 84.5 Å². The van der Waals surface area contributed by atoms with Crippen LogP contribution in [0.25, 0.3) is 0 Å². The van der Waals surface area contributed by atoms with Gasteiger partial charge in [0, 0.05) is 39.3 Å². The van der Waals surface area contributed by atoms with E-state index in [2.05, 4.69) is 16.7 Å². The van der Waals surface area contributed by atoms with Gasteiger partial charge in [-0.3, -0.25) is 9.80 Å². The summed E-state index contributed by atoms with van der Waals surface area (Å²) in [6, 6.07) is 0. The Hall–Kier alpha value is -0.200. The molecule has 0 aromatic heterocycles. The molecule has 1 rings (SSSR count).